The first-order chi connectivity index (χ1) is 10.8. The smallest absolute Gasteiger partial charge is 0.331 e. The van der Waals surface area contributed by atoms with E-state index in [9.17, 15) is 9.59 Å². The minimum atomic E-state index is -0.733. The molecule has 6 heteroatoms. The molecule has 2 amide bonds. The van der Waals surface area contributed by atoms with Gasteiger partial charge in [-0.1, -0.05) is 39.0 Å². The van der Waals surface area contributed by atoms with Crippen LogP contribution in [0.15, 0.2) is 30.3 Å². The van der Waals surface area contributed by atoms with Crippen LogP contribution in [0.4, 0.5) is 10.5 Å². The van der Waals surface area contributed by atoms with Gasteiger partial charge in [0.1, 0.15) is 6.23 Å². The first kappa shape index (κ1) is 17.3. The molecule has 2 atom stereocenters. The standard InChI is InChI=1S/C17H24N2O4/c1-17(2,3)15-19(13(11-23-15)14(20)22-5)16(21)18(4)12-9-7-6-8-10-12/h6-10,13,15H,11H2,1-5H3. The van der Waals surface area contributed by atoms with Gasteiger partial charge in [0.05, 0.1) is 13.7 Å². The topological polar surface area (TPSA) is 59.1 Å². The van der Waals surface area contributed by atoms with E-state index in [-0.39, 0.29) is 18.1 Å². The number of methoxy groups -OCH3 is 1. The van der Waals surface area contributed by atoms with Crippen molar-refractivity contribution < 1.29 is 19.1 Å². The summed E-state index contributed by atoms with van der Waals surface area (Å²) in [7, 11) is 3.00. The predicted octanol–water partition coefficient (Wildman–Crippen LogP) is 2.49. The number of hydrogen-bond acceptors (Lipinski definition) is 4. The van der Waals surface area contributed by atoms with Gasteiger partial charge in [0.25, 0.3) is 0 Å². The summed E-state index contributed by atoms with van der Waals surface area (Å²) in [6.45, 7) is 6.06. The Morgan fingerprint density at radius 3 is 2.39 bits per heavy atom. The lowest BCUT2D eigenvalue weighted by Gasteiger charge is -2.37. The van der Waals surface area contributed by atoms with Crippen LogP contribution in [0.5, 0.6) is 0 Å². The van der Waals surface area contributed by atoms with Crippen LogP contribution in [-0.2, 0) is 14.3 Å². The zero-order chi connectivity index (χ0) is 17.2. The molecule has 2 rings (SSSR count). The Balaban J connectivity index is 2.32. The Kier molecular flexibility index (Phi) is 4.94. The first-order valence-electron chi connectivity index (χ1n) is 7.58. The SMILES string of the molecule is COC(=O)C1COC(C(C)(C)C)N1C(=O)N(C)c1ccccc1. The van der Waals surface area contributed by atoms with Crippen molar-refractivity contribution >= 4 is 17.7 Å². The van der Waals surface area contributed by atoms with Gasteiger partial charge in [0.15, 0.2) is 6.04 Å². The van der Waals surface area contributed by atoms with Crippen molar-refractivity contribution in [1.82, 2.24) is 4.90 Å². The Labute approximate surface area is 137 Å². The number of urea groups is 1. The summed E-state index contributed by atoms with van der Waals surface area (Å²) in [6, 6.07) is 8.27. The number of nitrogens with zero attached hydrogens (tertiary/aromatic N) is 2. The summed E-state index contributed by atoms with van der Waals surface area (Å²) >= 11 is 0. The molecule has 0 bridgehead atoms. The summed E-state index contributed by atoms with van der Waals surface area (Å²) < 4.78 is 10.6. The van der Waals surface area contributed by atoms with Crippen LogP contribution >= 0.6 is 0 Å². The van der Waals surface area contributed by atoms with Gasteiger partial charge in [-0.3, -0.25) is 9.80 Å². The number of rotatable bonds is 2. The van der Waals surface area contributed by atoms with Crippen LogP contribution in [0.25, 0.3) is 0 Å². The van der Waals surface area contributed by atoms with E-state index < -0.39 is 18.2 Å². The predicted molar refractivity (Wildman–Crippen MR) is 87.1 cm³/mol. The average molecular weight is 320 g/mol. The van der Waals surface area contributed by atoms with Crippen molar-refractivity contribution in [2.75, 3.05) is 25.7 Å². The summed E-state index contributed by atoms with van der Waals surface area (Å²) in [5, 5.41) is 0. The quantitative estimate of drug-likeness (QED) is 0.786. The number of amides is 2. The molecule has 1 aromatic carbocycles. The van der Waals surface area contributed by atoms with E-state index in [0.717, 1.165) is 5.69 Å². The van der Waals surface area contributed by atoms with Crippen molar-refractivity contribution in [3.8, 4) is 0 Å². The molecule has 0 spiro atoms. The van der Waals surface area contributed by atoms with E-state index >= 15 is 0 Å². The van der Waals surface area contributed by atoms with Gasteiger partial charge < -0.3 is 9.47 Å². The van der Waals surface area contributed by atoms with E-state index in [4.69, 9.17) is 9.47 Å². The summed E-state index contributed by atoms with van der Waals surface area (Å²) in [4.78, 5) is 28.0. The molecule has 1 heterocycles. The molecule has 0 radical (unpaired) electrons. The van der Waals surface area contributed by atoms with Gasteiger partial charge in [-0.15, -0.1) is 0 Å². The van der Waals surface area contributed by atoms with E-state index in [1.54, 1.807) is 7.05 Å². The van der Waals surface area contributed by atoms with E-state index in [1.807, 2.05) is 51.1 Å². The molecule has 1 saturated heterocycles. The van der Waals surface area contributed by atoms with Crippen LogP contribution in [0.1, 0.15) is 20.8 Å². The fraction of sp³-hybridized carbons (Fsp3) is 0.529. The molecule has 1 aromatic rings. The normalized spacial score (nSPS) is 21.2. The van der Waals surface area contributed by atoms with Crippen molar-refractivity contribution in [2.45, 2.75) is 33.0 Å². The van der Waals surface area contributed by atoms with Crippen LogP contribution in [0.3, 0.4) is 0 Å². The second-order valence-electron chi connectivity index (χ2n) is 6.68. The molecule has 1 aliphatic rings. The molecule has 0 saturated carbocycles. The lowest BCUT2D eigenvalue weighted by atomic mass is 9.93. The molecular weight excluding hydrogens is 296 g/mol. The number of esters is 1. The maximum atomic E-state index is 13.0. The third-order valence-electron chi connectivity index (χ3n) is 3.87. The molecule has 2 unspecified atom stereocenters. The largest absolute Gasteiger partial charge is 0.467 e. The number of carbonyl (C=O) groups is 2. The zero-order valence-electron chi connectivity index (χ0n) is 14.3. The van der Waals surface area contributed by atoms with Gasteiger partial charge in [0, 0.05) is 18.2 Å². The molecule has 1 aliphatic heterocycles. The lowest BCUT2D eigenvalue weighted by Crippen LogP contribution is -2.54. The van der Waals surface area contributed by atoms with Gasteiger partial charge in [-0.2, -0.15) is 0 Å². The monoisotopic (exact) mass is 320 g/mol. The Hall–Kier alpha value is -2.08. The second-order valence-corrected chi connectivity index (χ2v) is 6.68. The molecule has 0 N–H and O–H groups in total. The highest BCUT2D eigenvalue weighted by molar-refractivity contribution is 5.94. The number of para-hydroxylation sites is 1. The van der Waals surface area contributed by atoms with Crippen LogP contribution in [-0.4, -0.2) is 49.9 Å². The van der Waals surface area contributed by atoms with Gasteiger partial charge in [-0.05, 0) is 12.1 Å². The lowest BCUT2D eigenvalue weighted by molar-refractivity contribution is -0.145. The zero-order valence-corrected chi connectivity index (χ0v) is 14.3. The Morgan fingerprint density at radius 2 is 1.87 bits per heavy atom. The highest BCUT2D eigenvalue weighted by Crippen LogP contribution is 2.33. The van der Waals surface area contributed by atoms with Gasteiger partial charge in [-0.25, -0.2) is 9.59 Å². The highest BCUT2D eigenvalue weighted by atomic mass is 16.5. The molecular formula is C17H24N2O4. The Bertz CT molecular complexity index is 568. The Morgan fingerprint density at radius 1 is 1.26 bits per heavy atom. The van der Waals surface area contributed by atoms with E-state index in [2.05, 4.69) is 0 Å². The third-order valence-corrected chi connectivity index (χ3v) is 3.87. The molecule has 1 fully saturated rings. The molecule has 6 nitrogen and oxygen atoms in total. The fourth-order valence-electron chi connectivity index (χ4n) is 2.66. The number of hydrogen-bond donors (Lipinski definition) is 0. The van der Waals surface area contributed by atoms with Crippen LogP contribution in [0, 0.1) is 5.41 Å². The summed E-state index contributed by atoms with van der Waals surface area (Å²) in [5.74, 6) is -0.466. The molecule has 126 valence electrons. The number of carbonyl (C=O) groups excluding carboxylic acids is 2. The summed E-state index contributed by atoms with van der Waals surface area (Å²) in [5.41, 5.74) is 0.427. The number of benzene rings is 1. The maximum Gasteiger partial charge on any atom is 0.331 e. The van der Waals surface area contributed by atoms with Gasteiger partial charge >= 0.3 is 12.0 Å². The van der Waals surface area contributed by atoms with Crippen molar-refractivity contribution in [3.63, 3.8) is 0 Å². The number of ether oxygens (including phenoxy) is 2. The first-order valence-corrected chi connectivity index (χ1v) is 7.58. The van der Waals surface area contributed by atoms with Gasteiger partial charge in [0.2, 0.25) is 0 Å². The summed E-state index contributed by atoms with van der Waals surface area (Å²) in [6.07, 6.45) is -0.495. The number of anilines is 1. The van der Waals surface area contributed by atoms with E-state index in [0.29, 0.717) is 0 Å². The molecule has 23 heavy (non-hydrogen) atoms. The maximum absolute atomic E-state index is 13.0. The molecule has 0 aromatic heterocycles. The minimum Gasteiger partial charge on any atom is -0.467 e. The highest BCUT2D eigenvalue weighted by Gasteiger charge is 2.48. The third kappa shape index (κ3) is 3.47. The van der Waals surface area contributed by atoms with Crippen molar-refractivity contribution in [1.29, 1.82) is 0 Å². The average Bonchev–Trinajstić information content (AvgIpc) is 2.98. The van der Waals surface area contributed by atoms with Crippen LogP contribution < -0.4 is 4.90 Å². The van der Waals surface area contributed by atoms with Crippen molar-refractivity contribution in [2.24, 2.45) is 5.41 Å². The minimum absolute atomic E-state index is 0.142. The van der Waals surface area contributed by atoms with Crippen molar-refractivity contribution in [3.05, 3.63) is 30.3 Å². The van der Waals surface area contributed by atoms with Crippen LogP contribution in [0.2, 0.25) is 0 Å². The molecule has 0 aliphatic carbocycles. The fourth-order valence-corrected chi connectivity index (χ4v) is 2.66. The van der Waals surface area contributed by atoms with E-state index in [1.165, 1.54) is 16.9 Å². The second kappa shape index (κ2) is 6.58.